The predicted octanol–water partition coefficient (Wildman–Crippen LogP) is 6.27. The van der Waals surface area contributed by atoms with Crippen molar-refractivity contribution in [1.82, 2.24) is 15.2 Å². The first-order chi connectivity index (χ1) is 16.1. The average Bonchev–Trinajstić information content (AvgIpc) is 3.61. The first-order valence-electron chi connectivity index (χ1n) is 11.3. The van der Waals surface area contributed by atoms with Gasteiger partial charge in [-0.2, -0.15) is 0 Å². The second-order valence-electron chi connectivity index (χ2n) is 8.59. The summed E-state index contributed by atoms with van der Waals surface area (Å²) in [5, 5.41) is 3.79. The second-order valence-corrected chi connectivity index (χ2v) is 9.02. The molecule has 0 radical (unpaired) electrons. The van der Waals surface area contributed by atoms with Crippen molar-refractivity contribution in [2.24, 2.45) is 0 Å². The average molecular weight is 460 g/mol. The molecular formula is C27H26ClN3O2. The van der Waals surface area contributed by atoms with Gasteiger partial charge in [0.25, 0.3) is 0 Å². The van der Waals surface area contributed by atoms with Gasteiger partial charge in [-0.15, -0.1) is 0 Å². The number of urea groups is 1. The lowest BCUT2D eigenvalue weighted by molar-refractivity contribution is 0.193. The second kappa shape index (κ2) is 9.67. The van der Waals surface area contributed by atoms with Gasteiger partial charge in [0.1, 0.15) is 5.75 Å². The van der Waals surface area contributed by atoms with Crippen LogP contribution in [0.1, 0.15) is 36.3 Å². The van der Waals surface area contributed by atoms with Gasteiger partial charge in [0.15, 0.2) is 0 Å². The van der Waals surface area contributed by atoms with Gasteiger partial charge in [-0.25, -0.2) is 9.78 Å². The number of amides is 2. The summed E-state index contributed by atoms with van der Waals surface area (Å²) in [7, 11) is 0. The Morgan fingerprint density at radius 3 is 2.64 bits per heavy atom. The molecule has 1 aromatic heterocycles. The van der Waals surface area contributed by atoms with Crippen LogP contribution in [-0.2, 0) is 0 Å². The molecule has 2 aliphatic rings. The fourth-order valence-corrected chi connectivity index (χ4v) is 4.37. The lowest BCUT2D eigenvalue weighted by atomic mass is 10.0. The van der Waals surface area contributed by atoms with Gasteiger partial charge >= 0.3 is 6.03 Å². The van der Waals surface area contributed by atoms with Gasteiger partial charge in [-0.05, 0) is 48.6 Å². The maximum Gasteiger partial charge on any atom is 0.317 e. The topological polar surface area (TPSA) is 54.5 Å². The number of hydrogen-bond acceptors (Lipinski definition) is 3. The summed E-state index contributed by atoms with van der Waals surface area (Å²) in [4.78, 5) is 18.8. The van der Waals surface area contributed by atoms with Gasteiger partial charge in [0.2, 0.25) is 5.88 Å². The smallest absolute Gasteiger partial charge is 0.317 e. The van der Waals surface area contributed by atoms with Crippen molar-refractivity contribution in [3.05, 3.63) is 94.6 Å². The summed E-state index contributed by atoms with van der Waals surface area (Å²) in [6.45, 7) is 1.48. The molecule has 2 atom stereocenters. The van der Waals surface area contributed by atoms with Gasteiger partial charge in [0.05, 0.1) is 5.02 Å². The number of nitrogens with one attached hydrogen (secondary N) is 1. The predicted molar refractivity (Wildman–Crippen MR) is 131 cm³/mol. The molecule has 1 saturated heterocycles. The minimum absolute atomic E-state index is 0.0587. The van der Waals surface area contributed by atoms with E-state index in [-0.39, 0.29) is 12.1 Å². The zero-order valence-corrected chi connectivity index (χ0v) is 19.0. The van der Waals surface area contributed by atoms with E-state index in [9.17, 15) is 4.79 Å². The summed E-state index contributed by atoms with van der Waals surface area (Å²) >= 11 is 5.88. The van der Waals surface area contributed by atoms with E-state index in [1.807, 2.05) is 29.2 Å². The van der Waals surface area contributed by atoms with E-state index in [1.165, 1.54) is 11.1 Å². The summed E-state index contributed by atoms with van der Waals surface area (Å²) in [5.41, 5.74) is 3.73. The Balaban J connectivity index is 1.13. The molecule has 1 N–H and O–H groups in total. The molecule has 1 aliphatic carbocycles. The maximum atomic E-state index is 12.7. The Labute approximate surface area is 199 Å². The highest BCUT2D eigenvalue weighted by Crippen LogP contribution is 2.40. The van der Waals surface area contributed by atoms with Crippen LogP contribution in [0.2, 0.25) is 5.02 Å². The van der Waals surface area contributed by atoms with Gasteiger partial charge < -0.3 is 15.0 Å². The molecule has 1 saturated carbocycles. The van der Waals surface area contributed by atoms with Crippen LogP contribution in [0, 0.1) is 0 Å². The quantitative estimate of drug-likeness (QED) is 0.489. The van der Waals surface area contributed by atoms with Gasteiger partial charge in [-0.1, -0.05) is 65.7 Å². The van der Waals surface area contributed by atoms with Crippen molar-refractivity contribution >= 4 is 23.7 Å². The Morgan fingerprint density at radius 1 is 1.06 bits per heavy atom. The monoisotopic (exact) mass is 459 g/mol. The highest BCUT2D eigenvalue weighted by molar-refractivity contribution is 6.30. The Bertz CT molecular complexity index is 1140. The van der Waals surface area contributed by atoms with E-state index < -0.39 is 0 Å². The van der Waals surface area contributed by atoms with Crippen LogP contribution in [0.3, 0.4) is 0 Å². The normalized spacial score (nSPS) is 19.7. The number of piperidine rings is 1. The molecule has 2 heterocycles. The van der Waals surface area contributed by atoms with E-state index in [0.29, 0.717) is 16.8 Å². The molecule has 0 bridgehead atoms. The highest BCUT2D eigenvalue weighted by Gasteiger charge is 2.40. The number of pyridine rings is 1. The lowest BCUT2D eigenvalue weighted by Crippen LogP contribution is -2.44. The molecule has 168 valence electrons. The Kier molecular flexibility index (Phi) is 6.31. The molecular weight excluding hydrogens is 434 g/mol. The zero-order valence-electron chi connectivity index (χ0n) is 18.3. The standard InChI is InChI=1S/C27H26ClN3O2/c28-22-9-10-26(29-18-22)33-23-8-4-5-20(16-23)15-19-11-13-31(14-12-19)27(32)30-25-17-24(25)21-6-2-1-3-7-21/h1-10,15-16,18,24-25H,11-14,17H2,(H,30,32)/t24-,25?/m0/s1. The van der Waals surface area contributed by atoms with E-state index in [0.717, 1.165) is 43.7 Å². The molecule has 2 aromatic carbocycles. The Hall–Kier alpha value is -3.31. The number of rotatable bonds is 5. The fourth-order valence-electron chi connectivity index (χ4n) is 4.26. The van der Waals surface area contributed by atoms with Crippen LogP contribution in [0.5, 0.6) is 11.6 Å². The third-order valence-electron chi connectivity index (χ3n) is 6.17. The minimum atomic E-state index is 0.0587. The zero-order chi connectivity index (χ0) is 22.6. The molecule has 0 spiro atoms. The molecule has 5 rings (SSSR count). The number of carbonyl (C=O) groups is 1. The van der Waals surface area contributed by atoms with Crippen molar-refractivity contribution in [2.75, 3.05) is 13.1 Å². The fraction of sp³-hybridized carbons (Fsp3) is 0.259. The minimum Gasteiger partial charge on any atom is -0.439 e. The SMILES string of the molecule is O=C(NC1C[C@H]1c1ccccc1)N1CCC(=Cc2cccc(Oc3ccc(Cl)cn3)c2)CC1. The van der Waals surface area contributed by atoms with E-state index >= 15 is 0 Å². The molecule has 5 nitrogen and oxygen atoms in total. The van der Waals surface area contributed by atoms with Crippen molar-refractivity contribution in [3.8, 4) is 11.6 Å². The number of hydrogen-bond donors (Lipinski definition) is 1. The Morgan fingerprint density at radius 2 is 1.88 bits per heavy atom. The van der Waals surface area contributed by atoms with Crippen LogP contribution in [0.4, 0.5) is 4.79 Å². The highest BCUT2D eigenvalue weighted by atomic mass is 35.5. The molecule has 33 heavy (non-hydrogen) atoms. The van der Waals surface area contributed by atoms with Crippen LogP contribution in [0.15, 0.2) is 78.5 Å². The van der Waals surface area contributed by atoms with Gasteiger partial charge in [-0.3, -0.25) is 0 Å². The third-order valence-corrected chi connectivity index (χ3v) is 6.40. The van der Waals surface area contributed by atoms with Crippen molar-refractivity contribution < 1.29 is 9.53 Å². The largest absolute Gasteiger partial charge is 0.439 e. The third kappa shape index (κ3) is 5.55. The number of benzene rings is 2. The number of halogens is 1. The number of aromatic nitrogens is 1. The summed E-state index contributed by atoms with van der Waals surface area (Å²) in [6.07, 6.45) is 6.55. The number of likely N-dealkylation sites (tertiary alicyclic amines) is 1. The van der Waals surface area contributed by atoms with Crippen LogP contribution in [0.25, 0.3) is 6.08 Å². The van der Waals surface area contributed by atoms with Crippen LogP contribution < -0.4 is 10.1 Å². The summed E-state index contributed by atoms with van der Waals surface area (Å²) in [5.74, 6) is 1.69. The number of nitrogens with zero attached hydrogens (tertiary/aromatic N) is 2. The summed E-state index contributed by atoms with van der Waals surface area (Å²) in [6, 6.07) is 22.2. The molecule has 2 amide bonds. The van der Waals surface area contributed by atoms with Crippen molar-refractivity contribution in [1.29, 1.82) is 0 Å². The first-order valence-corrected chi connectivity index (χ1v) is 11.7. The van der Waals surface area contributed by atoms with Gasteiger partial charge in [0, 0.05) is 37.3 Å². The summed E-state index contributed by atoms with van der Waals surface area (Å²) < 4.78 is 5.83. The first kappa shape index (κ1) is 21.5. The molecule has 3 aromatic rings. The van der Waals surface area contributed by atoms with E-state index in [2.05, 4.69) is 46.7 Å². The molecule has 1 aliphatic heterocycles. The molecule has 2 fully saturated rings. The number of ether oxygens (including phenoxy) is 1. The number of carbonyl (C=O) groups excluding carboxylic acids is 1. The van der Waals surface area contributed by atoms with Crippen molar-refractivity contribution in [3.63, 3.8) is 0 Å². The lowest BCUT2D eigenvalue weighted by Gasteiger charge is -2.28. The van der Waals surface area contributed by atoms with Crippen molar-refractivity contribution in [2.45, 2.75) is 31.2 Å². The molecule has 6 heteroatoms. The van der Waals surface area contributed by atoms with Crippen LogP contribution in [-0.4, -0.2) is 35.0 Å². The van der Waals surface area contributed by atoms with Crippen LogP contribution >= 0.6 is 11.6 Å². The molecule has 1 unspecified atom stereocenters. The van der Waals surface area contributed by atoms with E-state index in [4.69, 9.17) is 16.3 Å². The van der Waals surface area contributed by atoms with E-state index in [1.54, 1.807) is 18.3 Å². The maximum absolute atomic E-state index is 12.7.